The van der Waals surface area contributed by atoms with Crippen LogP contribution in [0.5, 0.6) is 5.75 Å². The van der Waals surface area contributed by atoms with Crippen LogP contribution in [0.1, 0.15) is 11.1 Å². The summed E-state index contributed by atoms with van der Waals surface area (Å²) >= 11 is 1.57. The van der Waals surface area contributed by atoms with E-state index in [4.69, 9.17) is 0 Å². The summed E-state index contributed by atoms with van der Waals surface area (Å²) in [5, 5.41) is 15.4. The molecule has 0 fully saturated rings. The molecular weight excluding hydrogens is 316 g/mol. The van der Waals surface area contributed by atoms with Gasteiger partial charge in [-0.25, -0.2) is 4.98 Å². The normalized spacial score (nSPS) is 10.1. The summed E-state index contributed by atoms with van der Waals surface area (Å²) in [4.78, 5) is 4.61. The van der Waals surface area contributed by atoms with E-state index in [9.17, 15) is 5.11 Å². The van der Waals surface area contributed by atoms with Crippen molar-refractivity contribution in [1.82, 2.24) is 4.98 Å². The van der Waals surface area contributed by atoms with Gasteiger partial charge in [-0.2, -0.15) is 0 Å². The van der Waals surface area contributed by atoms with Crippen LogP contribution < -0.4 is 5.32 Å². The smallest absolute Gasteiger partial charge is 0.187 e. The molecule has 3 nitrogen and oxygen atoms in total. The van der Waals surface area contributed by atoms with Gasteiger partial charge in [0.05, 0.1) is 5.69 Å². The monoisotopic (exact) mass is 332 g/mol. The van der Waals surface area contributed by atoms with Crippen LogP contribution >= 0.6 is 23.7 Å². The summed E-state index contributed by atoms with van der Waals surface area (Å²) < 4.78 is 0. The highest BCUT2D eigenvalue weighted by atomic mass is 35.5. The molecule has 0 atom stereocenters. The predicted octanol–water partition coefficient (Wildman–Crippen LogP) is 5.30. The number of nitrogens with zero attached hydrogens (tertiary/aromatic N) is 1. The number of thiazole rings is 1. The molecule has 1 aromatic heterocycles. The number of phenols is 1. The van der Waals surface area contributed by atoms with Gasteiger partial charge in [0.25, 0.3) is 0 Å². The second kappa shape index (κ2) is 6.81. The van der Waals surface area contributed by atoms with E-state index in [1.807, 2.05) is 17.5 Å². The van der Waals surface area contributed by atoms with Crippen molar-refractivity contribution in [2.75, 3.05) is 5.32 Å². The summed E-state index contributed by atoms with van der Waals surface area (Å²) in [6.07, 6.45) is 0. The van der Waals surface area contributed by atoms with Crippen molar-refractivity contribution >= 4 is 34.6 Å². The Labute approximate surface area is 140 Å². The molecule has 0 radical (unpaired) electrons. The van der Waals surface area contributed by atoms with Crippen LogP contribution in [0.2, 0.25) is 0 Å². The quantitative estimate of drug-likeness (QED) is 0.640. The van der Waals surface area contributed by atoms with Gasteiger partial charge in [0.1, 0.15) is 5.75 Å². The lowest BCUT2D eigenvalue weighted by Crippen LogP contribution is -1.89. The summed E-state index contributed by atoms with van der Waals surface area (Å²) in [5.74, 6) is 0.260. The molecule has 0 bridgehead atoms. The van der Waals surface area contributed by atoms with E-state index in [1.54, 1.807) is 23.5 Å². The van der Waals surface area contributed by atoms with Crippen molar-refractivity contribution in [3.05, 3.63) is 59.0 Å². The van der Waals surface area contributed by atoms with Crippen molar-refractivity contribution in [3.63, 3.8) is 0 Å². The third kappa shape index (κ3) is 3.59. The van der Waals surface area contributed by atoms with Crippen LogP contribution in [0.15, 0.2) is 47.8 Å². The molecule has 22 heavy (non-hydrogen) atoms. The van der Waals surface area contributed by atoms with Crippen LogP contribution in [0.3, 0.4) is 0 Å². The minimum Gasteiger partial charge on any atom is -0.508 e. The number of hydrogen-bond acceptors (Lipinski definition) is 4. The summed E-state index contributed by atoms with van der Waals surface area (Å²) in [6.45, 7) is 4.22. The van der Waals surface area contributed by atoms with Crippen molar-refractivity contribution in [2.45, 2.75) is 13.8 Å². The molecule has 0 aliphatic rings. The predicted molar refractivity (Wildman–Crippen MR) is 95.7 cm³/mol. The third-order valence-electron chi connectivity index (χ3n) is 3.43. The van der Waals surface area contributed by atoms with E-state index < -0.39 is 0 Å². The second-order valence-corrected chi connectivity index (χ2v) is 5.87. The van der Waals surface area contributed by atoms with E-state index in [2.05, 4.69) is 42.3 Å². The first-order chi connectivity index (χ1) is 10.1. The van der Waals surface area contributed by atoms with Gasteiger partial charge in [-0.3, -0.25) is 0 Å². The van der Waals surface area contributed by atoms with Crippen LogP contribution in [0, 0.1) is 13.8 Å². The number of anilines is 2. The highest BCUT2D eigenvalue weighted by Crippen LogP contribution is 2.28. The molecule has 0 saturated heterocycles. The molecule has 3 aromatic rings. The maximum atomic E-state index is 9.28. The summed E-state index contributed by atoms with van der Waals surface area (Å²) in [5.41, 5.74) is 5.58. The zero-order valence-electron chi connectivity index (χ0n) is 12.3. The first-order valence-corrected chi connectivity index (χ1v) is 7.59. The number of benzene rings is 2. The molecule has 0 saturated carbocycles. The van der Waals surface area contributed by atoms with Crippen LogP contribution in [0.4, 0.5) is 10.8 Å². The lowest BCUT2D eigenvalue weighted by atomic mass is 10.1. The number of halogens is 1. The molecule has 0 amide bonds. The Balaban J connectivity index is 0.00000176. The van der Waals surface area contributed by atoms with E-state index in [0.717, 1.165) is 22.1 Å². The first-order valence-electron chi connectivity index (χ1n) is 6.71. The van der Waals surface area contributed by atoms with Crippen LogP contribution in [-0.2, 0) is 0 Å². The number of hydrogen-bond donors (Lipinski definition) is 2. The Morgan fingerprint density at radius 1 is 1.00 bits per heavy atom. The molecule has 2 aromatic carbocycles. The Bertz CT molecular complexity index is 769. The number of rotatable bonds is 3. The molecule has 3 rings (SSSR count). The Morgan fingerprint density at radius 3 is 2.41 bits per heavy atom. The lowest BCUT2D eigenvalue weighted by Gasteiger charge is -2.03. The van der Waals surface area contributed by atoms with E-state index in [-0.39, 0.29) is 18.2 Å². The van der Waals surface area contributed by atoms with Gasteiger partial charge in [0.2, 0.25) is 0 Å². The molecule has 0 spiro atoms. The molecule has 5 heteroatoms. The molecule has 0 aliphatic carbocycles. The van der Waals surface area contributed by atoms with Gasteiger partial charge in [-0.05, 0) is 55.3 Å². The van der Waals surface area contributed by atoms with Gasteiger partial charge in [-0.1, -0.05) is 12.1 Å². The number of nitrogens with one attached hydrogen (secondary N) is 1. The largest absolute Gasteiger partial charge is 0.508 e. The fraction of sp³-hybridized carbons (Fsp3) is 0.118. The Kier molecular flexibility index (Phi) is 5.06. The van der Waals surface area contributed by atoms with Gasteiger partial charge < -0.3 is 10.4 Å². The average molecular weight is 333 g/mol. The van der Waals surface area contributed by atoms with Crippen molar-refractivity contribution in [1.29, 1.82) is 0 Å². The molecule has 114 valence electrons. The average Bonchev–Trinajstić information content (AvgIpc) is 2.93. The fourth-order valence-corrected chi connectivity index (χ4v) is 2.77. The minimum atomic E-state index is 0. The standard InChI is InChI=1S/C17H16N2OS.ClH/c1-11-3-4-13(9-12(11)2)16-10-21-17(19-16)18-14-5-7-15(20)8-6-14;/h3-10,20H,1-2H3,(H,18,19);1H. The topological polar surface area (TPSA) is 45.1 Å². The maximum Gasteiger partial charge on any atom is 0.187 e. The molecule has 2 N–H and O–H groups in total. The highest BCUT2D eigenvalue weighted by molar-refractivity contribution is 7.14. The number of aryl methyl sites for hydroxylation is 2. The van der Waals surface area contributed by atoms with Crippen molar-refractivity contribution in [2.24, 2.45) is 0 Å². The van der Waals surface area contributed by atoms with E-state index in [1.165, 1.54) is 11.1 Å². The van der Waals surface area contributed by atoms with Crippen LogP contribution in [-0.4, -0.2) is 10.1 Å². The zero-order chi connectivity index (χ0) is 14.8. The maximum absolute atomic E-state index is 9.28. The lowest BCUT2D eigenvalue weighted by molar-refractivity contribution is 0.475. The van der Waals surface area contributed by atoms with Gasteiger partial charge >= 0.3 is 0 Å². The Morgan fingerprint density at radius 2 is 1.73 bits per heavy atom. The SMILES string of the molecule is Cc1ccc(-c2csc(Nc3ccc(O)cc3)n2)cc1C.Cl. The molecule has 0 unspecified atom stereocenters. The number of aromatic nitrogens is 1. The fourth-order valence-electron chi connectivity index (χ4n) is 2.03. The van der Waals surface area contributed by atoms with E-state index >= 15 is 0 Å². The Hall–Kier alpha value is -2.04. The van der Waals surface area contributed by atoms with Crippen LogP contribution in [0.25, 0.3) is 11.3 Å². The highest BCUT2D eigenvalue weighted by Gasteiger charge is 2.06. The van der Waals surface area contributed by atoms with Gasteiger partial charge in [0, 0.05) is 16.6 Å². The van der Waals surface area contributed by atoms with E-state index in [0.29, 0.717) is 0 Å². The number of aromatic hydroxyl groups is 1. The number of phenolic OH excluding ortho intramolecular Hbond substituents is 1. The minimum absolute atomic E-state index is 0. The van der Waals surface area contributed by atoms with Gasteiger partial charge in [0.15, 0.2) is 5.13 Å². The molecule has 1 heterocycles. The second-order valence-electron chi connectivity index (χ2n) is 5.01. The third-order valence-corrected chi connectivity index (χ3v) is 4.18. The molecule has 0 aliphatic heterocycles. The van der Waals surface area contributed by atoms with Gasteiger partial charge in [-0.15, -0.1) is 23.7 Å². The zero-order valence-corrected chi connectivity index (χ0v) is 14.0. The summed E-state index contributed by atoms with van der Waals surface area (Å²) in [7, 11) is 0. The van der Waals surface area contributed by atoms with Crippen molar-refractivity contribution < 1.29 is 5.11 Å². The first kappa shape index (κ1) is 16.3. The molecular formula is C17H17ClN2OS. The van der Waals surface area contributed by atoms with Crippen molar-refractivity contribution in [3.8, 4) is 17.0 Å². The summed E-state index contributed by atoms with van der Waals surface area (Å²) in [6, 6.07) is 13.3.